The molecule has 3 rings (SSSR count). The third-order valence-electron chi connectivity index (χ3n) is 4.98. The Bertz CT molecular complexity index is 647. The summed E-state index contributed by atoms with van der Waals surface area (Å²) >= 11 is 7.93. The van der Waals surface area contributed by atoms with E-state index >= 15 is 0 Å². The summed E-state index contributed by atoms with van der Waals surface area (Å²) in [6.45, 7) is 3.23. The molecule has 0 amide bonds. The lowest BCUT2D eigenvalue weighted by molar-refractivity contribution is 0.390. The molecular formula is C20H28ClN3S. The lowest BCUT2D eigenvalue weighted by Gasteiger charge is -2.20. The van der Waals surface area contributed by atoms with Gasteiger partial charge in [0.1, 0.15) is 0 Å². The summed E-state index contributed by atoms with van der Waals surface area (Å²) < 4.78 is 2.31. The van der Waals surface area contributed by atoms with Crippen LogP contribution in [0.2, 0.25) is 5.02 Å². The summed E-state index contributed by atoms with van der Waals surface area (Å²) in [5.74, 6) is 2.99. The molecule has 1 aromatic carbocycles. The Morgan fingerprint density at radius 2 is 1.84 bits per heavy atom. The first-order valence-corrected chi connectivity index (χ1v) is 11.0. The molecule has 1 heterocycles. The van der Waals surface area contributed by atoms with E-state index < -0.39 is 0 Å². The van der Waals surface area contributed by atoms with Crippen LogP contribution in [-0.4, -0.2) is 20.5 Å². The van der Waals surface area contributed by atoms with Crippen molar-refractivity contribution >= 4 is 23.4 Å². The van der Waals surface area contributed by atoms with Crippen molar-refractivity contribution < 1.29 is 0 Å². The Balaban J connectivity index is 1.75. The van der Waals surface area contributed by atoms with Crippen molar-refractivity contribution in [1.29, 1.82) is 0 Å². The Labute approximate surface area is 160 Å². The fraction of sp³-hybridized carbons (Fsp3) is 0.600. The van der Waals surface area contributed by atoms with Gasteiger partial charge in [0, 0.05) is 22.9 Å². The molecule has 1 aliphatic rings. The van der Waals surface area contributed by atoms with E-state index in [-0.39, 0.29) is 0 Å². The van der Waals surface area contributed by atoms with E-state index in [0.717, 1.165) is 34.0 Å². The predicted molar refractivity (Wildman–Crippen MR) is 107 cm³/mol. The third kappa shape index (κ3) is 5.24. The zero-order chi connectivity index (χ0) is 17.5. The van der Waals surface area contributed by atoms with Gasteiger partial charge < -0.3 is 4.57 Å². The summed E-state index contributed by atoms with van der Waals surface area (Å²) in [6.07, 6.45) is 10.6. The van der Waals surface area contributed by atoms with Crippen molar-refractivity contribution in [1.82, 2.24) is 14.8 Å². The number of rotatable bonds is 8. The molecule has 0 spiro atoms. The van der Waals surface area contributed by atoms with E-state index in [1.165, 1.54) is 57.1 Å². The smallest absolute Gasteiger partial charge is 0.191 e. The molecule has 0 atom stereocenters. The second-order valence-electron chi connectivity index (χ2n) is 6.99. The highest BCUT2D eigenvalue weighted by Crippen LogP contribution is 2.31. The van der Waals surface area contributed by atoms with Crippen LogP contribution in [0.15, 0.2) is 29.4 Å². The minimum atomic E-state index is 0.757. The van der Waals surface area contributed by atoms with Crippen molar-refractivity contribution in [3.63, 3.8) is 0 Å². The summed E-state index contributed by atoms with van der Waals surface area (Å²) in [5, 5.41) is 10.9. The van der Waals surface area contributed by atoms with Crippen LogP contribution in [0.4, 0.5) is 0 Å². The first-order valence-electron chi connectivity index (χ1n) is 9.60. The normalized spacial score (nSPS) is 15.6. The Morgan fingerprint density at radius 1 is 1.08 bits per heavy atom. The minimum absolute atomic E-state index is 0.757. The van der Waals surface area contributed by atoms with Gasteiger partial charge in [0.05, 0.1) is 0 Å². The molecule has 0 unspecified atom stereocenters. The molecule has 1 fully saturated rings. The fourth-order valence-electron chi connectivity index (χ4n) is 3.48. The second-order valence-corrected chi connectivity index (χ2v) is 8.41. The number of halogens is 1. The van der Waals surface area contributed by atoms with E-state index in [1.54, 1.807) is 0 Å². The van der Waals surface area contributed by atoms with Crippen LogP contribution < -0.4 is 0 Å². The lowest BCUT2D eigenvalue weighted by Crippen LogP contribution is -2.10. The van der Waals surface area contributed by atoms with Gasteiger partial charge in [-0.15, -0.1) is 10.2 Å². The number of thioether (sulfide) groups is 1. The SMILES string of the molecule is CCCCCn1c(SCC2CCCCC2)nnc1-c1ccc(Cl)cc1. The Morgan fingerprint density at radius 3 is 2.56 bits per heavy atom. The molecule has 0 radical (unpaired) electrons. The van der Waals surface area contributed by atoms with Crippen molar-refractivity contribution in [2.45, 2.75) is 70.0 Å². The van der Waals surface area contributed by atoms with Crippen LogP contribution >= 0.6 is 23.4 Å². The summed E-state index contributed by atoms with van der Waals surface area (Å²) in [4.78, 5) is 0. The average molecular weight is 378 g/mol. The molecule has 1 aromatic heterocycles. The van der Waals surface area contributed by atoms with Crippen molar-refractivity contribution in [2.75, 3.05) is 5.75 Å². The molecule has 5 heteroatoms. The van der Waals surface area contributed by atoms with Crippen LogP contribution in [0.1, 0.15) is 58.3 Å². The highest BCUT2D eigenvalue weighted by atomic mass is 35.5. The Kier molecular flexibility index (Phi) is 7.23. The third-order valence-corrected chi connectivity index (χ3v) is 6.43. The zero-order valence-electron chi connectivity index (χ0n) is 15.1. The van der Waals surface area contributed by atoms with Crippen LogP contribution in [0, 0.1) is 5.92 Å². The van der Waals surface area contributed by atoms with Gasteiger partial charge >= 0.3 is 0 Å². The molecule has 25 heavy (non-hydrogen) atoms. The van der Waals surface area contributed by atoms with Gasteiger partial charge in [-0.2, -0.15) is 0 Å². The first-order chi connectivity index (χ1) is 12.3. The van der Waals surface area contributed by atoms with Crippen LogP contribution in [0.3, 0.4) is 0 Å². The number of benzene rings is 1. The highest BCUT2D eigenvalue weighted by Gasteiger charge is 2.18. The summed E-state index contributed by atoms with van der Waals surface area (Å²) in [6, 6.07) is 7.93. The fourth-order valence-corrected chi connectivity index (χ4v) is 4.75. The van der Waals surface area contributed by atoms with Crippen molar-refractivity contribution in [3.8, 4) is 11.4 Å². The van der Waals surface area contributed by atoms with E-state index in [4.69, 9.17) is 11.6 Å². The van der Waals surface area contributed by atoms with Crippen molar-refractivity contribution in [2.24, 2.45) is 5.92 Å². The molecule has 0 bridgehead atoms. The zero-order valence-corrected chi connectivity index (χ0v) is 16.7. The lowest BCUT2D eigenvalue weighted by atomic mass is 9.91. The number of unbranched alkanes of at least 4 members (excludes halogenated alkanes) is 2. The number of aromatic nitrogens is 3. The molecule has 0 aliphatic heterocycles. The summed E-state index contributed by atoms with van der Waals surface area (Å²) in [7, 11) is 0. The topological polar surface area (TPSA) is 30.7 Å². The van der Waals surface area contributed by atoms with Gasteiger partial charge in [-0.3, -0.25) is 0 Å². The number of hydrogen-bond acceptors (Lipinski definition) is 3. The molecule has 2 aromatic rings. The van der Waals surface area contributed by atoms with Crippen LogP contribution in [0.25, 0.3) is 11.4 Å². The highest BCUT2D eigenvalue weighted by molar-refractivity contribution is 7.99. The average Bonchev–Trinajstić information content (AvgIpc) is 3.05. The van der Waals surface area contributed by atoms with Gasteiger partial charge in [0.2, 0.25) is 0 Å². The second kappa shape index (κ2) is 9.63. The molecule has 136 valence electrons. The first kappa shape index (κ1) is 18.8. The van der Waals surface area contributed by atoms with Gasteiger partial charge in [-0.25, -0.2) is 0 Å². The predicted octanol–water partition coefficient (Wildman–Crippen LogP) is 6.46. The number of hydrogen-bond donors (Lipinski definition) is 0. The van der Waals surface area contributed by atoms with E-state index in [2.05, 4.69) is 21.7 Å². The van der Waals surface area contributed by atoms with Crippen LogP contribution in [-0.2, 0) is 6.54 Å². The van der Waals surface area contributed by atoms with Crippen molar-refractivity contribution in [3.05, 3.63) is 29.3 Å². The van der Waals surface area contributed by atoms with E-state index in [0.29, 0.717) is 0 Å². The maximum atomic E-state index is 6.04. The van der Waals surface area contributed by atoms with Crippen LogP contribution in [0.5, 0.6) is 0 Å². The summed E-state index contributed by atoms with van der Waals surface area (Å²) in [5.41, 5.74) is 1.10. The number of nitrogens with zero attached hydrogens (tertiary/aromatic N) is 3. The maximum Gasteiger partial charge on any atom is 0.191 e. The monoisotopic (exact) mass is 377 g/mol. The molecule has 1 saturated carbocycles. The molecule has 0 saturated heterocycles. The molecule has 0 N–H and O–H groups in total. The largest absolute Gasteiger partial charge is 0.302 e. The maximum absolute atomic E-state index is 6.04. The minimum Gasteiger partial charge on any atom is -0.302 e. The Hall–Kier alpha value is -1.00. The van der Waals surface area contributed by atoms with Gasteiger partial charge in [0.25, 0.3) is 0 Å². The van der Waals surface area contributed by atoms with Gasteiger partial charge in [-0.05, 0) is 49.4 Å². The van der Waals surface area contributed by atoms with Gasteiger partial charge in [0.15, 0.2) is 11.0 Å². The molecule has 3 nitrogen and oxygen atoms in total. The quantitative estimate of drug-likeness (QED) is 0.390. The van der Waals surface area contributed by atoms with E-state index in [9.17, 15) is 0 Å². The van der Waals surface area contributed by atoms with Gasteiger partial charge in [-0.1, -0.05) is 62.4 Å². The standard InChI is InChI=1S/C20H28ClN3S/c1-2-3-7-14-24-19(17-10-12-18(21)13-11-17)22-23-20(24)25-15-16-8-5-4-6-9-16/h10-13,16H,2-9,14-15H2,1H3. The molecular weight excluding hydrogens is 350 g/mol. The molecule has 1 aliphatic carbocycles. The van der Waals surface area contributed by atoms with E-state index in [1.807, 2.05) is 36.0 Å².